The fourth-order valence-electron chi connectivity index (χ4n) is 2.43. The Morgan fingerprint density at radius 3 is 2.71 bits per heavy atom. The summed E-state index contributed by atoms with van der Waals surface area (Å²) in [6, 6.07) is 0.467. The van der Waals surface area contributed by atoms with Crippen molar-refractivity contribution >= 4 is 5.78 Å². The first-order valence-electron chi connectivity index (χ1n) is 6.73. The van der Waals surface area contributed by atoms with Gasteiger partial charge in [-0.3, -0.25) is 9.69 Å². The molecule has 1 unspecified atom stereocenters. The second-order valence-electron chi connectivity index (χ2n) is 5.81. The number of hydrogen-bond donors (Lipinski definition) is 0. The molecule has 0 aromatic rings. The molecule has 1 atom stereocenters. The van der Waals surface area contributed by atoms with Crippen LogP contribution in [0.2, 0.25) is 0 Å². The molecule has 0 saturated carbocycles. The molecule has 17 heavy (non-hydrogen) atoms. The standard InChI is InChI=1S/C14H27NO2/c1-12(16)11-13-7-5-6-9-15(13)10-8-14(2,3)17-4/h13H,5-11H2,1-4H3. The van der Waals surface area contributed by atoms with Crippen molar-refractivity contribution < 1.29 is 9.53 Å². The van der Waals surface area contributed by atoms with Gasteiger partial charge in [0.1, 0.15) is 5.78 Å². The lowest BCUT2D eigenvalue weighted by Crippen LogP contribution is -2.43. The predicted molar refractivity (Wildman–Crippen MR) is 70.2 cm³/mol. The van der Waals surface area contributed by atoms with E-state index in [1.54, 1.807) is 14.0 Å². The van der Waals surface area contributed by atoms with E-state index in [1.165, 1.54) is 19.3 Å². The highest BCUT2D eigenvalue weighted by molar-refractivity contribution is 5.76. The number of ketones is 1. The highest BCUT2D eigenvalue weighted by Crippen LogP contribution is 2.22. The van der Waals surface area contributed by atoms with Crippen molar-refractivity contribution in [2.75, 3.05) is 20.2 Å². The SMILES string of the molecule is COC(C)(C)CCN1CCCCC1CC(C)=O. The van der Waals surface area contributed by atoms with Gasteiger partial charge in [0, 0.05) is 26.1 Å². The lowest BCUT2D eigenvalue weighted by molar-refractivity contribution is -0.118. The Morgan fingerprint density at radius 2 is 2.12 bits per heavy atom. The molecule has 0 N–H and O–H groups in total. The van der Waals surface area contributed by atoms with Crippen molar-refractivity contribution in [3.63, 3.8) is 0 Å². The third-order valence-corrected chi connectivity index (χ3v) is 3.83. The van der Waals surface area contributed by atoms with Crippen molar-refractivity contribution in [3.05, 3.63) is 0 Å². The molecule has 1 heterocycles. The molecular weight excluding hydrogens is 214 g/mol. The Balaban J connectivity index is 2.45. The summed E-state index contributed by atoms with van der Waals surface area (Å²) in [5, 5.41) is 0. The summed E-state index contributed by atoms with van der Waals surface area (Å²) in [5.74, 6) is 0.313. The minimum Gasteiger partial charge on any atom is -0.379 e. The van der Waals surface area contributed by atoms with Gasteiger partial charge in [-0.25, -0.2) is 0 Å². The predicted octanol–water partition coefficient (Wildman–Crippen LogP) is 2.64. The molecule has 0 aromatic carbocycles. The van der Waals surface area contributed by atoms with Crippen LogP contribution in [0.25, 0.3) is 0 Å². The van der Waals surface area contributed by atoms with E-state index >= 15 is 0 Å². The minimum absolute atomic E-state index is 0.0573. The Labute approximate surface area is 106 Å². The second-order valence-corrected chi connectivity index (χ2v) is 5.81. The van der Waals surface area contributed by atoms with E-state index in [1.807, 2.05) is 0 Å². The lowest BCUT2D eigenvalue weighted by atomic mass is 9.96. The topological polar surface area (TPSA) is 29.5 Å². The summed E-state index contributed by atoms with van der Waals surface area (Å²) in [6.07, 6.45) is 5.45. The minimum atomic E-state index is -0.0573. The van der Waals surface area contributed by atoms with Gasteiger partial charge < -0.3 is 4.74 Å². The van der Waals surface area contributed by atoms with Gasteiger partial charge in [0.2, 0.25) is 0 Å². The zero-order valence-electron chi connectivity index (χ0n) is 11.8. The molecule has 0 spiro atoms. The summed E-state index contributed by atoms with van der Waals surface area (Å²) in [4.78, 5) is 13.7. The van der Waals surface area contributed by atoms with Crippen molar-refractivity contribution in [2.24, 2.45) is 0 Å². The quantitative estimate of drug-likeness (QED) is 0.716. The molecule has 0 radical (unpaired) electrons. The molecule has 1 saturated heterocycles. The van der Waals surface area contributed by atoms with E-state index in [9.17, 15) is 4.79 Å². The van der Waals surface area contributed by atoms with Gasteiger partial charge >= 0.3 is 0 Å². The fourth-order valence-corrected chi connectivity index (χ4v) is 2.43. The van der Waals surface area contributed by atoms with Crippen LogP contribution in [0.3, 0.4) is 0 Å². The van der Waals surface area contributed by atoms with Crippen LogP contribution in [0.5, 0.6) is 0 Å². The first kappa shape index (κ1) is 14.7. The Hall–Kier alpha value is -0.410. The van der Waals surface area contributed by atoms with Crippen LogP contribution in [-0.4, -0.2) is 42.5 Å². The number of methoxy groups -OCH3 is 1. The number of nitrogens with zero attached hydrogens (tertiary/aromatic N) is 1. The average molecular weight is 241 g/mol. The fraction of sp³-hybridized carbons (Fsp3) is 0.929. The van der Waals surface area contributed by atoms with Crippen molar-refractivity contribution in [1.82, 2.24) is 4.90 Å². The van der Waals surface area contributed by atoms with E-state index in [4.69, 9.17) is 4.74 Å². The van der Waals surface area contributed by atoms with Gasteiger partial charge in [-0.1, -0.05) is 6.42 Å². The summed E-state index contributed by atoms with van der Waals surface area (Å²) in [5.41, 5.74) is -0.0573. The van der Waals surface area contributed by atoms with Crippen LogP contribution in [0.4, 0.5) is 0 Å². The van der Waals surface area contributed by atoms with E-state index < -0.39 is 0 Å². The molecule has 1 rings (SSSR count). The summed E-state index contributed by atoms with van der Waals surface area (Å²) in [7, 11) is 1.77. The zero-order chi connectivity index (χ0) is 12.9. The third kappa shape index (κ3) is 5.17. The summed E-state index contributed by atoms with van der Waals surface area (Å²) in [6.45, 7) is 8.12. The van der Waals surface area contributed by atoms with Gasteiger partial charge in [0.15, 0.2) is 0 Å². The maximum atomic E-state index is 11.3. The first-order valence-corrected chi connectivity index (χ1v) is 6.73. The van der Waals surface area contributed by atoms with Gasteiger partial charge in [0.25, 0.3) is 0 Å². The number of hydrogen-bond acceptors (Lipinski definition) is 3. The van der Waals surface area contributed by atoms with Gasteiger partial charge in [0.05, 0.1) is 5.60 Å². The van der Waals surface area contributed by atoms with Crippen LogP contribution in [-0.2, 0) is 9.53 Å². The molecule has 100 valence electrons. The highest BCUT2D eigenvalue weighted by atomic mass is 16.5. The smallest absolute Gasteiger partial charge is 0.131 e. The average Bonchev–Trinajstić information content (AvgIpc) is 2.27. The molecular formula is C14H27NO2. The molecule has 3 nitrogen and oxygen atoms in total. The van der Waals surface area contributed by atoms with E-state index in [0.717, 1.165) is 19.5 Å². The molecule has 0 amide bonds. The monoisotopic (exact) mass is 241 g/mol. The molecule has 1 aliphatic heterocycles. The molecule has 0 bridgehead atoms. The third-order valence-electron chi connectivity index (χ3n) is 3.83. The number of carbonyl (C=O) groups excluding carboxylic acids is 1. The van der Waals surface area contributed by atoms with Crippen LogP contribution in [0.1, 0.15) is 52.9 Å². The van der Waals surface area contributed by atoms with Crippen molar-refractivity contribution in [1.29, 1.82) is 0 Å². The van der Waals surface area contributed by atoms with E-state index in [0.29, 0.717) is 18.2 Å². The largest absolute Gasteiger partial charge is 0.379 e. The van der Waals surface area contributed by atoms with E-state index in [2.05, 4.69) is 18.7 Å². The van der Waals surface area contributed by atoms with Gasteiger partial charge in [-0.15, -0.1) is 0 Å². The lowest BCUT2D eigenvalue weighted by Gasteiger charge is -2.37. The molecule has 1 fully saturated rings. The highest BCUT2D eigenvalue weighted by Gasteiger charge is 2.25. The molecule has 3 heteroatoms. The normalized spacial score (nSPS) is 22.7. The number of ether oxygens (including phenoxy) is 1. The van der Waals surface area contributed by atoms with Crippen LogP contribution < -0.4 is 0 Å². The van der Waals surface area contributed by atoms with Crippen LogP contribution >= 0.6 is 0 Å². The zero-order valence-corrected chi connectivity index (χ0v) is 11.8. The van der Waals surface area contributed by atoms with E-state index in [-0.39, 0.29) is 5.60 Å². The van der Waals surface area contributed by atoms with Crippen LogP contribution in [0, 0.1) is 0 Å². The van der Waals surface area contributed by atoms with Gasteiger partial charge in [-0.05, 0) is 46.6 Å². The number of likely N-dealkylation sites (tertiary alicyclic amines) is 1. The number of rotatable bonds is 6. The van der Waals surface area contributed by atoms with Crippen molar-refractivity contribution in [3.8, 4) is 0 Å². The first-order chi connectivity index (χ1) is 7.94. The Kier molecular flexibility index (Phi) is 5.60. The maximum Gasteiger partial charge on any atom is 0.131 e. The number of carbonyl (C=O) groups is 1. The Morgan fingerprint density at radius 1 is 1.41 bits per heavy atom. The summed E-state index contributed by atoms with van der Waals surface area (Å²) < 4.78 is 5.45. The van der Waals surface area contributed by atoms with Gasteiger partial charge in [-0.2, -0.15) is 0 Å². The number of piperidine rings is 1. The molecule has 1 aliphatic rings. The maximum absolute atomic E-state index is 11.3. The molecule has 0 aliphatic carbocycles. The number of Topliss-reactive ketones (excluding diaryl/α,β-unsaturated/α-hetero) is 1. The van der Waals surface area contributed by atoms with Crippen LogP contribution in [0.15, 0.2) is 0 Å². The Bertz CT molecular complexity index is 251. The molecule has 0 aromatic heterocycles. The summed E-state index contributed by atoms with van der Waals surface area (Å²) >= 11 is 0. The second kappa shape index (κ2) is 6.50. The van der Waals surface area contributed by atoms with Crippen molar-refractivity contribution in [2.45, 2.75) is 64.5 Å².